The Bertz CT molecular complexity index is 354. The standard InChI is InChI=1S/C17H30N2O/c1-13(2)19(12-6-11-18)16(20)14-7-9-15(10-8-14)17(3,4)5/h13-15H,6-10,12H2,1-5H3. The van der Waals surface area contributed by atoms with Crippen molar-refractivity contribution in [3.8, 4) is 6.07 Å². The Balaban J connectivity index is 2.58. The van der Waals surface area contributed by atoms with E-state index in [-0.39, 0.29) is 17.9 Å². The molecule has 1 aliphatic carbocycles. The van der Waals surface area contributed by atoms with Gasteiger partial charge in [-0.25, -0.2) is 0 Å². The highest BCUT2D eigenvalue weighted by Crippen LogP contribution is 2.40. The number of rotatable bonds is 4. The van der Waals surface area contributed by atoms with Crippen LogP contribution in [0.2, 0.25) is 0 Å². The number of amides is 1. The van der Waals surface area contributed by atoms with Crippen LogP contribution in [-0.4, -0.2) is 23.4 Å². The van der Waals surface area contributed by atoms with E-state index < -0.39 is 0 Å². The minimum atomic E-state index is 0.176. The van der Waals surface area contributed by atoms with Crippen molar-refractivity contribution in [3.05, 3.63) is 0 Å². The summed E-state index contributed by atoms with van der Waals surface area (Å²) in [5, 5.41) is 8.73. The molecule has 0 aromatic heterocycles. The fraction of sp³-hybridized carbons (Fsp3) is 0.882. The first-order valence-electron chi connectivity index (χ1n) is 7.94. The van der Waals surface area contributed by atoms with Crippen LogP contribution in [0.25, 0.3) is 0 Å². The molecule has 20 heavy (non-hydrogen) atoms. The molecule has 0 aromatic rings. The molecule has 1 rings (SSSR count). The Morgan fingerprint density at radius 3 is 2.20 bits per heavy atom. The number of carbonyl (C=O) groups excluding carboxylic acids is 1. The van der Waals surface area contributed by atoms with E-state index in [1.807, 2.05) is 18.7 Å². The lowest BCUT2D eigenvalue weighted by Crippen LogP contribution is -2.43. The van der Waals surface area contributed by atoms with Crippen molar-refractivity contribution in [1.82, 2.24) is 4.90 Å². The van der Waals surface area contributed by atoms with Crippen LogP contribution in [0.5, 0.6) is 0 Å². The van der Waals surface area contributed by atoms with Crippen LogP contribution in [0.15, 0.2) is 0 Å². The molecule has 0 aliphatic heterocycles. The molecule has 0 spiro atoms. The normalized spacial score (nSPS) is 23.4. The number of hydrogen-bond donors (Lipinski definition) is 0. The number of hydrogen-bond acceptors (Lipinski definition) is 2. The summed E-state index contributed by atoms with van der Waals surface area (Å²) in [6, 6.07) is 2.33. The summed E-state index contributed by atoms with van der Waals surface area (Å²) >= 11 is 0. The maximum atomic E-state index is 12.6. The lowest BCUT2D eigenvalue weighted by atomic mass is 9.69. The van der Waals surface area contributed by atoms with E-state index in [9.17, 15) is 4.79 Å². The van der Waals surface area contributed by atoms with Gasteiger partial charge in [0.25, 0.3) is 0 Å². The van der Waals surface area contributed by atoms with Gasteiger partial charge in [0.05, 0.1) is 12.5 Å². The number of carbonyl (C=O) groups is 1. The van der Waals surface area contributed by atoms with Crippen molar-refractivity contribution in [2.45, 2.75) is 72.8 Å². The highest BCUT2D eigenvalue weighted by Gasteiger charge is 2.34. The van der Waals surface area contributed by atoms with Crippen molar-refractivity contribution in [3.63, 3.8) is 0 Å². The van der Waals surface area contributed by atoms with E-state index in [1.165, 1.54) is 0 Å². The SMILES string of the molecule is CC(C)N(CCC#N)C(=O)C1CCC(C(C)(C)C)CC1. The molecule has 1 aliphatic rings. The molecule has 1 amide bonds. The molecule has 1 saturated carbocycles. The fourth-order valence-electron chi connectivity index (χ4n) is 3.23. The van der Waals surface area contributed by atoms with E-state index in [2.05, 4.69) is 26.8 Å². The van der Waals surface area contributed by atoms with E-state index >= 15 is 0 Å². The molecule has 0 N–H and O–H groups in total. The molecule has 0 unspecified atom stereocenters. The van der Waals surface area contributed by atoms with E-state index in [0.717, 1.165) is 31.6 Å². The molecular weight excluding hydrogens is 248 g/mol. The van der Waals surface area contributed by atoms with Gasteiger partial charge in [0.15, 0.2) is 0 Å². The summed E-state index contributed by atoms with van der Waals surface area (Å²) in [6.07, 6.45) is 4.77. The third-order valence-corrected chi connectivity index (χ3v) is 4.67. The zero-order valence-corrected chi connectivity index (χ0v) is 13.8. The number of nitrogens with zero attached hydrogens (tertiary/aromatic N) is 2. The lowest BCUT2D eigenvalue weighted by Gasteiger charge is -2.38. The van der Waals surface area contributed by atoms with Crippen molar-refractivity contribution in [2.75, 3.05) is 6.54 Å². The summed E-state index contributed by atoms with van der Waals surface area (Å²) in [5.41, 5.74) is 0.354. The van der Waals surface area contributed by atoms with Crippen LogP contribution >= 0.6 is 0 Å². The van der Waals surface area contributed by atoms with Crippen LogP contribution in [-0.2, 0) is 4.79 Å². The van der Waals surface area contributed by atoms with Crippen LogP contribution in [0.1, 0.15) is 66.7 Å². The predicted octanol–water partition coefficient (Wildman–Crippen LogP) is 3.99. The Morgan fingerprint density at radius 1 is 1.25 bits per heavy atom. The van der Waals surface area contributed by atoms with Gasteiger partial charge in [-0.1, -0.05) is 20.8 Å². The topological polar surface area (TPSA) is 44.1 Å². The molecule has 0 radical (unpaired) electrons. The summed E-state index contributed by atoms with van der Waals surface area (Å²) in [7, 11) is 0. The average Bonchev–Trinajstić information content (AvgIpc) is 2.37. The molecule has 3 heteroatoms. The molecule has 3 nitrogen and oxygen atoms in total. The zero-order chi connectivity index (χ0) is 15.3. The Morgan fingerprint density at radius 2 is 1.80 bits per heavy atom. The highest BCUT2D eigenvalue weighted by molar-refractivity contribution is 5.79. The molecular formula is C17H30N2O. The van der Waals surface area contributed by atoms with Crippen LogP contribution in [0.3, 0.4) is 0 Å². The van der Waals surface area contributed by atoms with Gasteiger partial charge in [0, 0.05) is 18.5 Å². The van der Waals surface area contributed by atoms with Crippen molar-refractivity contribution < 1.29 is 4.79 Å². The van der Waals surface area contributed by atoms with Gasteiger partial charge < -0.3 is 4.90 Å². The second-order valence-corrected chi connectivity index (χ2v) is 7.45. The maximum absolute atomic E-state index is 12.6. The molecule has 0 saturated heterocycles. The highest BCUT2D eigenvalue weighted by atomic mass is 16.2. The van der Waals surface area contributed by atoms with Crippen LogP contribution in [0.4, 0.5) is 0 Å². The van der Waals surface area contributed by atoms with E-state index in [4.69, 9.17) is 5.26 Å². The van der Waals surface area contributed by atoms with E-state index in [0.29, 0.717) is 18.4 Å². The molecule has 0 heterocycles. The van der Waals surface area contributed by atoms with Crippen molar-refractivity contribution >= 4 is 5.91 Å². The largest absolute Gasteiger partial charge is 0.339 e. The number of nitriles is 1. The van der Waals surface area contributed by atoms with Gasteiger partial charge in [0.1, 0.15) is 0 Å². The summed E-state index contributed by atoms with van der Waals surface area (Å²) in [5.74, 6) is 1.18. The summed E-state index contributed by atoms with van der Waals surface area (Å²) < 4.78 is 0. The van der Waals surface area contributed by atoms with Gasteiger partial charge >= 0.3 is 0 Å². The third-order valence-electron chi connectivity index (χ3n) is 4.67. The fourth-order valence-corrected chi connectivity index (χ4v) is 3.23. The first-order valence-corrected chi connectivity index (χ1v) is 7.94. The Kier molecular flexibility index (Phi) is 6.05. The molecule has 0 bridgehead atoms. The van der Waals surface area contributed by atoms with Gasteiger partial charge in [0.2, 0.25) is 5.91 Å². The van der Waals surface area contributed by atoms with Gasteiger partial charge in [-0.3, -0.25) is 4.79 Å². The quantitative estimate of drug-likeness (QED) is 0.780. The molecule has 0 atom stereocenters. The Labute approximate surface area is 124 Å². The van der Waals surface area contributed by atoms with Crippen LogP contribution < -0.4 is 0 Å². The van der Waals surface area contributed by atoms with Crippen molar-refractivity contribution in [1.29, 1.82) is 5.26 Å². The summed E-state index contributed by atoms with van der Waals surface area (Å²) in [4.78, 5) is 14.5. The first kappa shape index (κ1) is 17.0. The second-order valence-electron chi connectivity index (χ2n) is 7.45. The predicted molar refractivity (Wildman–Crippen MR) is 82.0 cm³/mol. The van der Waals surface area contributed by atoms with Gasteiger partial charge in [-0.2, -0.15) is 5.26 Å². The van der Waals surface area contributed by atoms with E-state index in [1.54, 1.807) is 0 Å². The zero-order valence-electron chi connectivity index (χ0n) is 13.8. The lowest BCUT2D eigenvalue weighted by molar-refractivity contribution is -0.138. The van der Waals surface area contributed by atoms with Gasteiger partial charge in [-0.05, 0) is 50.9 Å². The van der Waals surface area contributed by atoms with Crippen molar-refractivity contribution in [2.24, 2.45) is 17.3 Å². The van der Waals surface area contributed by atoms with Crippen LogP contribution in [0, 0.1) is 28.6 Å². The summed E-state index contributed by atoms with van der Waals surface area (Å²) in [6.45, 7) is 11.5. The average molecular weight is 278 g/mol. The molecule has 114 valence electrons. The second kappa shape index (κ2) is 7.11. The third kappa shape index (κ3) is 4.51. The molecule has 1 fully saturated rings. The minimum absolute atomic E-state index is 0.176. The monoisotopic (exact) mass is 278 g/mol. The Hall–Kier alpha value is -1.04. The smallest absolute Gasteiger partial charge is 0.225 e. The minimum Gasteiger partial charge on any atom is -0.339 e. The van der Waals surface area contributed by atoms with Gasteiger partial charge in [-0.15, -0.1) is 0 Å². The molecule has 0 aromatic carbocycles. The maximum Gasteiger partial charge on any atom is 0.225 e. The first-order chi connectivity index (χ1) is 9.27.